The van der Waals surface area contributed by atoms with Gasteiger partial charge in [-0.15, -0.1) is 0 Å². The van der Waals surface area contributed by atoms with Crippen LogP contribution >= 0.6 is 0 Å². The van der Waals surface area contributed by atoms with Crippen LogP contribution in [0.4, 0.5) is 5.69 Å². The van der Waals surface area contributed by atoms with Gasteiger partial charge in [0.05, 0.1) is 5.69 Å². The number of anilines is 1. The molecular weight excluding hydrogens is 238 g/mol. The summed E-state index contributed by atoms with van der Waals surface area (Å²) in [6.45, 7) is 1.91. The Morgan fingerprint density at radius 2 is 1.74 bits per heavy atom. The van der Waals surface area contributed by atoms with E-state index in [1.54, 1.807) is 12.4 Å². The molecule has 19 heavy (non-hydrogen) atoms. The van der Waals surface area contributed by atoms with Gasteiger partial charge in [0.2, 0.25) is 0 Å². The first-order valence-corrected chi connectivity index (χ1v) is 5.98. The third-order valence-electron chi connectivity index (χ3n) is 2.94. The summed E-state index contributed by atoms with van der Waals surface area (Å²) in [5, 5.41) is 0.890. The van der Waals surface area contributed by atoms with Crippen molar-refractivity contribution in [2.24, 2.45) is 0 Å². The van der Waals surface area contributed by atoms with E-state index in [1.807, 2.05) is 43.3 Å². The van der Waals surface area contributed by atoms with Crippen molar-refractivity contribution < 1.29 is 4.74 Å². The van der Waals surface area contributed by atoms with Gasteiger partial charge in [-0.3, -0.25) is 9.97 Å². The van der Waals surface area contributed by atoms with E-state index in [2.05, 4.69) is 9.97 Å². The topological polar surface area (TPSA) is 61.0 Å². The summed E-state index contributed by atoms with van der Waals surface area (Å²) in [7, 11) is 0. The van der Waals surface area contributed by atoms with Crippen LogP contribution in [0.15, 0.2) is 48.8 Å². The lowest BCUT2D eigenvalue weighted by Crippen LogP contribution is -1.94. The number of nitrogen functional groups attached to an aromatic ring is 1. The number of nitrogens with two attached hydrogens (primary N) is 1. The number of benzene rings is 1. The van der Waals surface area contributed by atoms with E-state index in [-0.39, 0.29) is 0 Å². The number of fused-ring (bicyclic) bond motifs is 1. The Hall–Kier alpha value is -2.62. The minimum atomic E-state index is 0.681. The lowest BCUT2D eigenvalue weighted by atomic mass is 10.1. The molecule has 4 nitrogen and oxygen atoms in total. The quantitative estimate of drug-likeness (QED) is 0.710. The van der Waals surface area contributed by atoms with Crippen molar-refractivity contribution in [3.63, 3.8) is 0 Å². The average Bonchev–Trinajstić information content (AvgIpc) is 2.44. The van der Waals surface area contributed by atoms with Gasteiger partial charge in [0.1, 0.15) is 11.3 Å². The van der Waals surface area contributed by atoms with Crippen LogP contribution in [-0.4, -0.2) is 9.97 Å². The molecule has 2 N–H and O–H groups in total. The highest BCUT2D eigenvalue weighted by atomic mass is 16.5. The highest BCUT2D eigenvalue weighted by Gasteiger charge is 2.08. The Bertz CT molecular complexity index is 740. The molecule has 0 unspecified atom stereocenters. The SMILES string of the molecule is Cc1ncccc1Oc1ccc(N)c2cccnc12. The molecule has 0 bridgehead atoms. The zero-order valence-electron chi connectivity index (χ0n) is 10.5. The molecule has 1 aromatic carbocycles. The normalized spacial score (nSPS) is 10.6. The monoisotopic (exact) mass is 251 g/mol. The van der Waals surface area contributed by atoms with E-state index in [0.717, 1.165) is 22.3 Å². The van der Waals surface area contributed by atoms with E-state index in [4.69, 9.17) is 10.5 Å². The Kier molecular flexibility index (Phi) is 2.76. The van der Waals surface area contributed by atoms with Crippen LogP contribution in [0.3, 0.4) is 0 Å². The maximum Gasteiger partial charge on any atom is 0.153 e. The minimum absolute atomic E-state index is 0.681. The second-order valence-electron chi connectivity index (χ2n) is 4.24. The highest BCUT2D eigenvalue weighted by molar-refractivity contribution is 5.94. The summed E-state index contributed by atoms with van der Waals surface area (Å²) >= 11 is 0. The third kappa shape index (κ3) is 2.08. The summed E-state index contributed by atoms with van der Waals surface area (Å²) in [5.41, 5.74) is 8.23. The molecule has 0 saturated heterocycles. The summed E-state index contributed by atoms with van der Waals surface area (Å²) in [4.78, 5) is 8.55. The highest BCUT2D eigenvalue weighted by Crippen LogP contribution is 2.32. The van der Waals surface area contributed by atoms with Gasteiger partial charge in [0.15, 0.2) is 5.75 Å². The van der Waals surface area contributed by atoms with E-state index in [9.17, 15) is 0 Å². The van der Waals surface area contributed by atoms with E-state index < -0.39 is 0 Å². The number of hydrogen-bond donors (Lipinski definition) is 1. The first-order chi connectivity index (χ1) is 9.25. The third-order valence-corrected chi connectivity index (χ3v) is 2.94. The number of pyridine rings is 2. The standard InChI is InChI=1S/C15H13N3O/c1-10-13(5-3-8-17-10)19-14-7-6-12(16)11-4-2-9-18-15(11)14/h2-9H,16H2,1H3. The molecule has 2 heterocycles. The lowest BCUT2D eigenvalue weighted by Gasteiger charge is -2.10. The molecule has 0 aliphatic carbocycles. The van der Waals surface area contributed by atoms with Crippen LogP contribution in [0.5, 0.6) is 11.5 Å². The molecular formula is C15H13N3O. The smallest absolute Gasteiger partial charge is 0.153 e. The van der Waals surface area contributed by atoms with Gasteiger partial charge in [0, 0.05) is 23.5 Å². The Balaban J connectivity index is 2.12. The second-order valence-corrected chi connectivity index (χ2v) is 4.24. The lowest BCUT2D eigenvalue weighted by molar-refractivity contribution is 0.480. The van der Waals surface area contributed by atoms with E-state index in [1.165, 1.54) is 0 Å². The van der Waals surface area contributed by atoms with Crippen molar-refractivity contribution in [2.45, 2.75) is 6.92 Å². The predicted octanol–water partition coefficient (Wildman–Crippen LogP) is 3.31. The van der Waals surface area contributed by atoms with E-state index in [0.29, 0.717) is 11.4 Å². The number of hydrogen-bond acceptors (Lipinski definition) is 4. The number of rotatable bonds is 2. The van der Waals surface area contributed by atoms with Crippen LogP contribution in [0, 0.1) is 6.92 Å². The number of aryl methyl sites for hydroxylation is 1. The van der Waals surface area contributed by atoms with Gasteiger partial charge in [-0.25, -0.2) is 0 Å². The Morgan fingerprint density at radius 3 is 2.58 bits per heavy atom. The van der Waals surface area contributed by atoms with Crippen molar-refractivity contribution in [2.75, 3.05) is 5.73 Å². The van der Waals surface area contributed by atoms with Crippen LogP contribution in [0.1, 0.15) is 5.69 Å². The largest absolute Gasteiger partial charge is 0.453 e. The molecule has 94 valence electrons. The van der Waals surface area contributed by atoms with Crippen molar-refractivity contribution >= 4 is 16.6 Å². The summed E-state index contributed by atoms with van der Waals surface area (Å²) < 4.78 is 5.90. The first-order valence-electron chi connectivity index (χ1n) is 5.98. The van der Waals surface area contributed by atoms with Gasteiger partial charge in [-0.2, -0.15) is 0 Å². The van der Waals surface area contributed by atoms with Gasteiger partial charge in [-0.05, 0) is 43.3 Å². The summed E-state index contributed by atoms with van der Waals surface area (Å²) in [6.07, 6.45) is 3.46. The number of nitrogens with zero attached hydrogens (tertiary/aromatic N) is 2. The molecule has 3 rings (SSSR count). The molecule has 2 aromatic heterocycles. The summed E-state index contributed by atoms with van der Waals surface area (Å²) in [6, 6.07) is 11.2. The van der Waals surface area contributed by atoms with Gasteiger partial charge >= 0.3 is 0 Å². The summed E-state index contributed by atoms with van der Waals surface area (Å²) in [5.74, 6) is 1.40. The molecule has 0 atom stereocenters. The Labute approximate surface area is 110 Å². The zero-order valence-corrected chi connectivity index (χ0v) is 10.5. The number of aromatic nitrogens is 2. The molecule has 0 fully saturated rings. The van der Waals surface area contributed by atoms with Crippen molar-refractivity contribution in [3.8, 4) is 11.5 Å². The Morgan fingerprint density at radius 1 is 0.947 bits per heavy atom. The molecule has 3 aromatic rings. The molecule has 0 amide bonds. The fourth-order valence-electron chi connectivity index (χ4n) is 1.95. The molecule has 0 spiro atoms. The van der Waals surface area contributed by atoms with Crippen LogP contribution in [0.25, 0.3) is 10.9 Å². The second kappa shape index (κ2) is 4.57. The van der Waals surface area contributed by atoms with Crippen LogP contribution < -0.4 is 10.5 Å². The van der Waals surface area contributed by atoms with Gasteiger partial charge in [0.25, 0.3) is 0 Å². The molecule has 0 aliphatic heterocycles. The maximum atomic E-state index is 5.94. The van der Waals surface area contributed by atoms with Crippen molar-refractivity contribution in [1.29, 1.82) is 0 Å². The van der Waals surface area contributed by atoms with Crippen LogP contribution in [-0.2, 0) is 0 Å². The molecule has 0 aliphatic rings. The zero-order chi connectivity index (χ0) is 13.2. The molecule has 0 saturated carbocycles. The van der Waals surface area contributed by atoms with Crippen LogP contribution in [0.2, 0.25) is 0 Å². The van der Waals surface area contributed by atoms with Crippen molar-refractivity contribution in [3.05, 3.63) is 54.5 Å². The molecule has 0 radical (unpaired) electrons. The predicted molar refractivity (Wildman–Crippen MR) is 75.2 cm³/mol. The molecule has 4 heteroatoms. The number of ether oxygens (including phenoxy) is 1. The van der Waals surface area contributed by atoms with Gasteiger partial charge < -0.3 is 10.5 Å². The first kappa shape index (κ1) is 11.5. The van der Waals surface area contributed by atoms with Gasteiger partial charge in [-0.1, -0.05) is 0 Å². The fraction of sp³-hybridized carbons (Fsp3) is 0.0667. The average molecular weight is 251 g/mol. The fourth-order valence-corrected chi connectivity index (χ4v) is 1.95. The maximum absolute atomic E-state index is 5.94. The van der Waals surface area contributed by atoms with E-state index >= 15 is 0 Å². The minimum Gasteiger partial charge on any atom is -0.453 e. The van der Waals surface area contributed by atoms with Crippen molar-refractivity contribution in [1.82, 2.24) is 9.97 Å².